The van der Waals surface area contributed by atoms with Gasteiger partial charge in [-0.05, 0) is 24.1 Å². The molecule has 1 heterocycles. The van der Waals surface area contributed by atoms with E-state index in [0.717, 1.165) is 23.3 Å². The molecule has 1 aromatic rings. The van der Waals surface area contributed by atoms with Crippen LogP contribution in [0.3, 0.4) is 0 Å². The lowest BCUT2D eigenvalue weighted by Crippen LogP contribution is -3.15. The number of aryl methyl sites for hydroxylation is 1. The Morgan fingerprint density at radius 1 is 1.11 bits per heavy atom. The Balaban J connectivity index is 1.86. The summed E-state index contributed by atoms with van der Waals surface area (Å²) >= 11 is 0. The molecule has 1 aliphatic heterocycles. The summed E-state index contributed by atoms with van der Waals surface area (Å²) < 4.78 is 27.1. The molecule has 2 rings (SSSR count). The number of likely N-dealkylation sites (N-methyl/N-ethyl adjacent to an activating group) is 1. The van der Waals surface area contributed by atoms with Gasteiger partial charge in [-0.3, -0.25) is 9.59 Å². The number of rotatable bonds is 8. The van der Waals surface area contributed by atoms with Gasteiger partial charge in [-0.15, -0.1) is 0 Å². The smallest absolute Gasteiger partial charge is 0.275 e. The number of nitrogens with zero attached hydrogens (tertiary/aromatic N) is 1. The summed E-state index contributed by atoms with van der Waals surface area (Å²) in [7, 11) is -1.99. The molecule has 0 radical (unpaired) electrons. The molecule has 0 bridgehead atoms. The van der Waals surface area contributed by atoms with E-state index in [-0.39, 0.29) is 24.9 Å². The number of carbonyl (C=O) groups is 2. The molecule has 0 aromatic heterocycles. The third kappa shape index (κ3) is 6.02. The van der Waals surface area contributed by atoms with Crippen molar-refractivity contribution in [2.45, 2.75) is 24.7 Å². The van der Waals surface area contributed by atoms with Crippen LogP contribution in [0.15, 0.2) is 29.2 Å². The Hall–Kier alpha value is -1.97. The van der Waals surface area contributed by atoms with Crippen LogP contribution < -0.4 is 15.5 Å². The number of hydrogen-bond donors (Lipinski definition) is 3. The van der Waals surface area contributed by atoms with Crippen molar-refractivity contribution in [1.82, 2.24) is 14.9 Å². The fourth-order valence-corrected chi connectivity index (χ4v) is 4.48. The molecule has 0 aliphatic carbocycles. The van der Waals surface area contributed by atoms with Crippen LogP contribution in [0.4, 0.5) is 0 Å². The second kappa shape index (κ2) is 9.82. The fourth-order valence-electron chi connectivity index (χ4n) is 3.04. The summed E-state index contributed by atoms with van der Waals surface area (Å²) in [6, 6.07) is 7.08. The van der Waals surface area contributed by atoms with Gasteiger partial charge >= 0.3 is 0 Å². The highest BCUT2D eigenvalue weighted by atomic mass is 32.2. The molecule has 150 valence electrons. The van der Waals surface area contributed by atoms with E-state index in [4.69, 9.17) is 0 Å². The first kappa shape index (κ1) is 21.3. The van der Waals surface area contributed by atoms with Crippen LogP contribution in [0.2, 0.25) is 0 Å². The summed E-state index contributed by atoms with van der Waals surface area (Å²) in [4.78, 5) is 24.3. The number of sulfonamides is 1. The topological polar surface area (TPSA) is 100 Å². The molecular formula is C18H29N4O4S+. The van der Waals surface area contributed by atoms with E-state index in [1.54, 1.807) is 12.1 Å². The minimum atomic E-state index is -3.50. The van der Waals surface area contributed by atoms with Crippen molar-refractivity contribution in [3.05, 3.63) is 29.8 Å². The predicted octanol–water partition coefficient (Wildman–Crippen LogP) is -1.61. The normalized spacial score (nSPS) is 16.1. The monoisotopic (exact) mass is 397 g/mol. The number of piperazine rings is 1. The lowest BCUT2D eigenvalue weighted by atomic mass is 10.1. The summed E-state index contributed by atoms with van der Waals surface area (Å²) in [5.74, 6) is -0.462. The average Bonchev–Trinajstić information content (AvgIpc) is 2.67. The van der Waals surface area contributed by atoms with Gasteiger partial charge in [-0.1, -0.05) is 25.5 Å². The number of benzene rings is 1. The maximum atomic E-state index is 12.8. The molecule has 1 aliphatic rings. The molecule has 1 fully saturated rings. The molecule has 2 amide bonds. The molecule has 0 saturated carbocycles. The minimum absolute atomic E-state index is 0.0445. The zero-order chi connectivity index (χ0) is 19.9. The first-order valence-electron chi connectivity index (χ1n) is 9.26. The molecule has 0 unspecified atom stereocenters. The van der Waals surface area contributed by atoms with Crippen LogP contribution in [-0.4, -0.2) is 70.9 Å². The van der Waals surface area contributed by atoms with Crippen molar-refractivity contribution >= 4 is 21.8 Å². The first-order chi connectivity index (χ1) is 12.9. The third-order valence-electron chi connectivity index (χ3n) is 4.66. The van der Waals surface area contributed by atoms with Gasteiger partial charge in [0.2, 0.25) is 15.9 Å². The van der Waals surface area contributed by atoms with Gasteiger partial charge in [0.05, 0.1) is 37.6 Å². The Bertz CT molecular complexity index is 741. The van der Waals surface area contributed by atoms with Crippen LogP contribution >= 0.6 is 0 Å². The van der Waals surface area contributed by atoms with Gasteiger partial charge in [0.1, 0.15) is 0 Å². The molecular weight excluding hydrogens is 368 g/mol. The van der Waals surface area contributed by atoms with E-state index in [9.17, 15) is 18.0 Å². The van der Waals surface area contributed by atoms with E-state index >= 15 is 0 Å². The Kier molecular flexibility index (Phi) is 7.76. The number of amides is 2. The molecule has 8 nitrogen and oxygen atoms in total. The van der Waals surface area contributed by atoms with Crippen molar-refractivity contribution in [3.8, 4) is 0 Å². The van der Waals surface area contributed by atoms with Crippen molar-refractivity contribution in [2.24, 2.45) is 0 Å². The largest absolute Gasteiger partial charge is 0.358 e. The van der Waals surface area contributed by atoms with Crippen LogP contribution in [0.25, 0.3) is 0 Å². The van der Waals surface area contributed by atoms with Crippen LogP contribution in [0.1, 0.15) is 18.9 Å². The lowest BCUT2D eigenvalue weighted by Gasteiger charge is -2.31. The minimum Gasteiger partial charge on any atom is -0.358 e. The van der Waals surface area contributed by atoms with Crippen LogP contribution in [0, 0.1) is 0 Å². The average molecular weight is 398 g/mol. The maximum Gasteiger partial charge on any atom is 0.275 e. The van der Waals surface area contributed by atoms with Crippen LogP contribution in [-0.2, 0) is 26.0 Å². The van der Waals surface area contributed by atoms with Gasteiger partial charge in [-0.25, -0.2) is 8.42 Å². The SMILES string of the molecule is CCCc1ccc(S(=O)(=O)N2CC[NH+](CC(=O)NCC(=O)NC)CC2)cc1. The quantitative estimate of drug-likeness (QED) is 0.491. The summed E-state index contributed by atoms with van der Waals surface area (Å²) in [5.41, 5.74) is 1.13. The van der Waals surface area contributed by atoms with E-state index in [1.165, 1.54) is 11.4 Å². The molecule has 3 N–H and O–H groups in total. The Morgan fingerprint density at radius 3 is 2.30 bits per heavy atom. The number of nitrogens with one attached hydrogen (secondary N) is 3. The first-order valence-corrected chi connectivity index (χ1v) is 10.7. The van der Waals surface area contributed by atoms with E-state index in [0.29, 0.717) is 31.1 Å². The zero-order valence-electron chi connectivity index (χ0n) is 16.0. The van der Waals surface area contributed by atoms with Crippen molar-refractivity contribution < 1.29 is 22.9 Å². The third-order valence-corrected chi connectivity index (χ3v) is 6.58. The van der Waals surface area contributed by atoms with Crippen molar-refractivity contribution in [1.29, 1.82) is 0 Å². The van der Waals surface area contributed by atoms with Gasteiger partial charge < -0.3 is 15.5 Å². The number of hydrogen-bond acceptors (Lipinski definition) is 4. The summed E-state index contributed by atoms with van der Waals surface area (Å²) in [5, 5.41) is 5.00. The summed E-state index contributed by atoms with van der Waals surface area (Å²) in [6.07, 6.45) is 1.96. The number of carbonyl (C=O) groups excluding carboxylic acids is 2. The molecule has 9 heteroatoms. The predicted molar refractivity (Wildman–Crippen MR) is 102 cm³/mol. The standard InChI is InChI=1S/C18H28N4O4S/c1-3-4-15-5-7-16(8-6-15)27(25,26)22-11-9-21(10-12-22)14-18(24)20-13-17(23)19-2/h5-8H,3-4,9-14H2,1-2H3,(H,19,23)(H,20,24)/p+1. The highest BCUT2D eigenvalue weighted by molar-refractivity contribution is 7.89. The molecule has 27 heavy (non-hydrogen) atoms. The Labute approximate surface area is 161 Å². The van der Waals surface area contributed by atoms with E-state index in [1.807, 2.05) is 12.1 Å². The summed E-state index contributed by atoms with van der Waals surface area (Å²) in [6.45, 7) is 4.13. The van der Waals surface area contributed by atoms with Crippen LogP contribution in [0.5, 0.6) is 0 Å². The van der Waals surface area contributed by atoms with E-state index < -0.39 is 10.0 Å². The van der Waals surface area contributed by atoms with Crippen molar-refractivity contribution in [3.63, 3.8) is 0 Å². The second-order valence-electron chi connectivity index (χ2n) is 6.67. The molecule has 1 saturated heterocycles. The fraction of sp³-hybridized carbons (Fsp3) is 0.556. The van der Waals surface area contributed by atoms with E-state index in [2.05, 4.69) is 17.6 Å². The van der Waals surface area contributed by atoms with Gasteiger partial charge in [0.15, 0.2) is 6.54 Å². The van der Waals surface area contributed by atoms with Gasteiger partial charge in [0, 0.05) is 7.05 Å². The molecule has 1 aromatic carbocycles. The highest BCUT2D eigenvalue weighted by Gasteiger charge is 2.31. The second-order valence-corrected chi connectivity index (χ2v) is 8.61. The highest BCUT2D eigenvalue weighted by Crippen LogP contribution is 2.17. The molecule has 0 atom stereocenters. The van der Waals surface area contributed by atoms with Gasteiger partial charge in [-0.2, -0.15) is 4.31 Å². The Morgan fingerprint density at radius 2 is 1.74 bits per heavy atom. The van der Waals surface area contributed by atoms with Crippen molar-refractivity contribution in [2.75, 3.05) is 46.3 Å². The zero-order valence-corrected chi connectivity index (χ0v) is 16.8. The van der Waals surface area contributed by atoms with Gasteiger partial charge in [0.25, 0.3) is 5.91 Å². The number of quaternary nitrogens is 1. The molecule has 0 spiro atoms. The maximum absolute atomic E-state index is 12.8. The lowest BCUT2D eigenvalue weighted by molar-refractivity contribution is -0.895.